The molecule has 1 saturated heterocycles. The summed E-state index contributed by atoms with van der Waals surface area (Å²) in [5, 5.41) is 17.9. The van der Waals surface area contributed by atoms with Gasteiger partial charge >= 0.3 is 6.09 Å². The number of aromatic amines is 2. The predicted octanol–water partition coefficient (Wildman–Crippen LogP) is 4.01. The number of fused-ring (bicyclic) bond motifs is 2. The average molecular weight is 543 g/mol. The lowest BCUT2D eigenvalue weighted by molar-refractivity contribution is 0.0392. The lowest BCUT2D eigenvalue weighted by Gasteiger charge is -2.28. The van der Waals surface area contributed by atoms with Crippen LogP contribution in [-0.2, 0) is 11.2 Å². The summed E-state index contributed by atoms with van der Waals surface area (Å²) in [6, 6.07) is 17.4. The molecule has 0 radical (unpaired) electrons. The van der Waals surface area contributed by atoms with Crippen molar-refractivity contribution >= 4 is 33.8 Å². The van der Waals surface area contributed by atoms with Gasteiger partial charge in [-0.3, -0.25) is 9.69 Å². The third-order valence-electron chi connectivity index (χ3n) is 7.19. The van der Waals surface area contributed by atoms with Gasteiger partial charge in [-0.25, -0.2) is 24.2 Å². The monoisotopic (exact) mass is 542 g/mol. The Morgan fingerprint density at radius 3 is 2.67 bits per heavy atom. The topological polar surface area (TPSA) is 127 Å². The fourth-order valence-electron chi connectivity index (χ4n) is 5.05. The van der Waals surface area contributed by atoms with Gasteiger partial charge in [0.1, 0.15) is 5.82 Å². The van der Waals surface area contributed by atoms with Crippen LogP contribution in [0.5, 0.6) is 0 Å². The molecule has 6 rings (SSSR count). The Hall–Kier alpha value is -4.61. The summed E-state index contributed by atoms with van der Waals surface area (Å²) in [6.07, 6.45) is -0.703. The quantitative estimate of drug-likeness (QED) is 0.284. The minimum absolute atomic E-state index is 0.221. The van der Waals surface area contributed by atoms with E-state index in [0.29, 0.717) is 59.4 Å². The Morgan fingerprint density at radius 2 is 1.88 bits per heavy atom. The van der Waals surface area contributed by atoms with Crippen LogP contribution in [0.2, 0.25) is 0 Å². The molecule has 0 spiro atoms. The third kappa shape index (κ3) is 5.16. The Balaban J connectivity index is 1.27. The Labute approximate surface area is 228 Å². The summed E-state index contributed by atoms with van der Waals surface area (Å²) >= 11 is 0. The van der Waals surface area contributed by atoms with Crippen LogP contribution in [0.15, 0.2) is 65.5 Å². The van der Waals surface area contributed by atoms with Crippen molar-refractivity contribution < 1.29 is 19.0 Å². The van der Waals surface area contributed by atoms with Crippen molar-refractivity contribution in [1.82, 2.24) is 25.1 Å². The second kappa shape index (κ2) is 10.9. The van der Waals surface area contributed by atoms with E-state index in [9.17, 15) is 14.7 Å². The van der Waals surface area contributed by atoms with E-state index in [1.165, 1.54) is 11.0 Å². The number of amides is 1. The molecule has 3 heterocycles. The molecule has 2 aromatic heterocycles. The van der Waals surface area contributed by atoms with Gasteiger partial charge in [0.2, 0.25) is 5.95 Å². The molecule has 204 valence electrons. The van der Waals surface area contributed by atoms with Crippen molar-refractivity contribution in [1.29, 1.82) is 0 Å². The van der Waals surface area contributed by atoms with Gasteiger partial charge in [-0.15, -0.1) is 0 Å². The van der Waals surface area contributed by atoms with E-state index >= 15 is 4.39 Å². The zero-order valence-corrected chi connectivity index (χ0v) is 21.6. The molecule has 40 heavy (non-hydrogen) atoms. The number of morpholine rings is 1. The number of benzene rings is 3. The molecule has 0 atom stereocenters. The van der Waals surface area contributed by atoms with E-state index in [-0.39, 0.29) is 18.1 Å². The van der Waals surface area contributed by atoms with E-state index in [2.05, 4.69) is 25.1 Å². The summed E-state index contributed by atoms with van der Waals surface area (Å²) < 4.78 is 20.4. The van der Waals surface area contributed by atoms with Crippen LogP contribution in [0, 0.1) is 5.82 Å². The highest BCUT2D eigenvalue weighted by Gasteiger charge is 2.21. The van der Waals surface area contributed by atoms with Crippen molar-refractivity contribution in [3.05, 3.63) is 88.1 Å². The first-order valence-corrected chi connectivity index (χ1v) is 13.0. The van der Waals surface area contributed by atoms with Crippen LogP contribution >= 0.6 is 0 Å². The first-order valence-electron chi connectivity index (χ1n) is 13.0. The van der Waals surface area contributed by atoms with Gasteiger partial charge in [0, 0.05) is 43.5 Å². The van der Waals surface area contributed by atoms with Crippen molar-refractivity contribution in [2.45, 2.75) is 6.42 Å². The summed E-state index contributed by atoms with van der Waals surface area (Å²) in [5.41, 5.74) is 3.43. The number of rotatable bonds is 7. The molecule has 1 fully saturated rings. The second-order valence-corrected chi connectivity index (χ2v) is 9.72. The lowest BCUT2D eigenvalue weighted by atomic mass is 9.98. The van der Waals surface area contributed by atoms with Gasteiger partial charge in [0.05, 0.1) is 35.3 Å². The predicted molar refractivity (Wildman–Crippen MR) is 149 cm³/mol. The van der Waals surface area contributed by atoms with Gasteiger partial charge in [-0.1, -0.05) is 30.3 Å². The maximum atomic E-state index is 15.0. The molecule has 5 aromatic rings. The van der Waals surface area contributed by atoms with Crippen molar-refractivity contribution in [3.63, 3.8) is 0 Å². The van der Waals surface area contributed by atoms with Crippen LogP contribution in [0.4, 0.5) is 15.1 Å². The van der Waals surface area contributed by atoms with Crippen LogP contribution in [0.1, 0.15) is 11.3 Å². The van der Waals surface area contributed by atoms with E-state index in [0.717, 1.165) is 24.0 Å². The molecule has 1 aliphatic heterocycles. The Bertz CT molecular complexity index is 1760. The minimum atomic E-state index is -1.10. The summed E-state index contributed by atoms with van der Waals surface area (Å²) in [4.78, 5) is 35.1. The molecule has 1 aliphatic rings. The van der Waals surface area contributed by atoms with E-state index < -0.39 is 11.9 Å². The van der Waals surface area contributed by atoms with Crippen molar-refractivity contribution in [3.8, 4) is 11.1 Å². The molecular formula is C29H27FN6O4. The maximum absolute atomic E-state index is 15.0. The van der Waals surface area contributed by atoms with E-state index in [4.69, 9.17) is 4.74 Å². The number of imidazole rings is 1. The fourth-order valence-corrected chi connectivity index (χ4v) is 5.05. The molecule has 0 bridgehead atoms. The molecule has 3 N–H and O–H groups in total. The maximum Gasteiger partial charge on any atom is 0.414 e. The third-order valence-corrected chi connectivity index (χ3v) is 7.19. The number of nitrogens with one attached hydrogen (secondary N) is 2. The number of H-pyrrole nitrogens is 2. The fraction of sp³-hybridized carbons (Fsp3) is 0.241. The smallest absolute Gasteiger partial charge is 0.414 e. The molecule has 1 amide bonds. The average Bonchev–Trinajstić information content (AvgIpc) is 3.39. The second-order valence-electron chi connectivity index (χ2n) is 9.72. The number of hydrogen-bond acceptors (Lipinski definition) is 6. The minimum Gasteiger partial charge on any atom is -0.465 e. The normalized spacial score (nSPS) is 14.1. The molecule has 0 aliphatic carbocycles. The lowest BCUT2D eigenvalue weighted by Crippen LogP contribution is -2.43. The van der Waals surface area contributed by atoms with Crippen LogP contribution in [-0.4, -0.2) is 75.7 Å². The number of carboxylic acid groups (broad SMARTS) is 1. The Morgan fingerprint density at radius 1 is 1.07 bits per heavy atom. The van der Waals surface area contributed by atoms with Crippen molar-refractivity contribution in [2.75, 3.05) is 44.3 Å². The number of aromatic nitrogens is 4. The molecule has 10 nitrogen and oxygen atoms in total. The molecular weight excluding hydrogens is 515 g/mol. The summed E-state index contributed by atoms with van der Waals surface area (Å²) in [7, 11) is 0. The Kier molecular flexibility index (Phi) is 6.97. The molecule has 0 saturated carbocycles. The van der Waals surface area contributed by atoms with Gasteiger partial charge in [0.15, 0.2) is 0 Å². The van der Waals surface area contributed by atoms with Gasteiger partial charge in [-0.05, 0) is 41.5 Å². The van der Waals surface area contributed by atoms with Crippen LogP contribution in [0.25, 0.3) is 32.9 Å². The zero-order chi connectivity index (χ0) is 27.6. The standard InChI is InChI=1S/C29H27FN6O4/c30-23-7-5-18(16-25-20-3-1-2-4-21(20)27(37)34-33-25)15-22(23)19-6-8-24-26(17-19)32-28(31-24)36(29(38)39)10-9-35-11-13-40-14-12-35/h1-8,15,17H,9-14,16H2,(H,31,32)(H,34,37)(H,38,39). The van der Waals surface area contributed by atoms with Gasteiger partial charge in [0.25, 0.3) is 5.56 Å². The first kappa shape index (κ1) is 25.7. The molecule has 11 heteroatoms. The highest BCUT2D eigenvalue weighted by atomic mass is 19.1. The number of hydrogen-bond donors (Lipinski definition) is 3. The highest BCUT2D eigenvalue weighted by molar-refractivity contribution is 5.89. The summed E-state index contributed by atoms with van der Waals surface area (Å²) in [5.74, 6) is -0.172. The molecule has 3 aromatic carbocycles. The highest BCUT2D eigenvalue weighted by Crippen LogP contribution is 2.29. The number of anilines is 1. The zero-order valence-electron chi connectivity index (χ0n) is 21.6. The largest absolute Gasteiger partial charge is 0.465 e. The van der Waals surface area contributed by atoms with Crippen LogP contribution in [0.3, 0.4) is 0 Å². The SMILES string of the molecule is O=C(O)N(CCN1CCOCC1)c1nc2cc(-c3cc(Cc4n[nH]c(=O)c5ccccc45)ccc3F)ccc2[nH]1. The van der Waals surface area contributed by atoms with E-state index in [1.807, 2.05) is 12.1 Å². The van der Waals surface area contributed by atoms with Gasteiger partial charge < -0.3 is 14.8 Å². The summed E-state index contributed by atoms with van der Waals surface area (Å²) in [6.45, 7) is 3.61. The number of nitrogens with zero attached hydrogens (tertiary/aromatic N) is 4. The molecule has 0 unspecified atom stereocenters. The number of ether oxygens (including phenoxy) is 1. The van der Waals surface area contributed by atoms with Crippen molar-refractivity contribution in [2.24, 2.45) is 0 Å². The number of halogens is 1. The van der Waals surface area contributed by atoms with Crippen LogP contribution < -0.4 is 10.5 Å². The first-order chi connectivity index (χ1) is 19.5. The number of carbonyl (C=O) groups is 1. The van der Waals surface area contributed by atoms with Gasteiger partial charge in [-0.2, -0.15) is 5.10 Å². The van der Waals surface area contributed by atoms with E-state index in [1.54, 1.807) is 42.5 Å².